The molecule has 2 fully saturated rings. The van der Waals surface area contributed by atoms with Gasteiger partial charge in [-0.2, -0.15) is 0 Å². The largest absolute Gasteiger partial charge is 0.373 e. The van der Waals surface area contributed by atoms with Crippen molar-refractivity contribution < 1.29 is 9.53 Å². The zero-order valence-electron chi connectivity index (χ0n) is 15.7. The van der Waals surface area contributed by atoms with Crippen molar-refractivity contribution in [3.05, 3.63) is 29.6 Å². The number of nitrogens with zero attached hydrogens (tertiary/aromatic N) is 2. The van der Waals surface area contributed by atoms with E-state index in [-0.39, 0.29) is 5.60 Å². The van der Waals surface area contributed by atoms with Gasteiger partial charge in [-0.1, -0.05) is 19.8 Å². The summed E-state index contributed by atoms with van der Waals surface area (Å²) in [7, 11) is 1.82. The van der Waals surface area contributed by atoms with E-state index in [1.807, 2.05) is 19.2 Å². The molecule has 25 heavy (non-hydrogen) atoms. The molecule has 1 aromatic heterocycles. The van der Waals surface area contributed by atoms with Crippen molar-refractivity contribution in [1.82, 2.24) is 9.88 Å². The summed E-state index contributed by atoms with van der Waals surface area (Å²) in [5, 5.41) is 0. The summed E-state index contributed by atoms with van der Waals surface area (Å²) in [6, 6.07) is 4.47. The van der Waals surface area contributed by atoms with E-state index in [4.69, 9.17) is 10.5 Å². The topological polar surface area (TPSA) is 68.4 Å². The quantitative estimate of drug-likeness (QED) is 0.861. The number of primary amides is 1. The second-order valence-electron chi connectivity index (χ2n) is 7.71. The molecular formula is C20H31N3O2. The summed E-state index contributed by atoms with van der Waals surface area (Å²) in [6.07, 6.45) is 7.72. The van der Waals surface area contributed by atoms with Crippen molar-refractivity contribution >= 4 is 5.91 Å². The highest BCUT2D eigenvalue weighted by Gasteiger charge is 2.53. The third-order valence-electron chi connectivity index (χ3n) is 6.36. The van der Waals surface area contributed by atoms with Crippen LogP contribution in [0.25, 0.3) is 0 Å². The van der Waals surface area contributed by atoms with Gasteiger partial charge in [-0.3, -0.25) is 14.7 Å². The first-order chi connectivity index (χ1) is 12.0. The van der Waals surface area contributed by atoms with Crippen molar-refractivity contribution in [3.63, 3.8) is 0 Å². The molecule has 1 amide bonds. The van der Waals surface area contributed by atoms with Gasteiger partial charge in [-0.15, -0.1) is 0 Å². The highest BCUT2D eigenvalue weighted by atomic mass is 16.5. The molecule has 1 aliphatic carbocycles. The van der Waals surface area contributed by atoms with Gasteiger partial charge >= 0.3 is 0 Å². The predicted octanol–water partition coefficient (Wildman–Crippen LogP) is 2.94. The molecule has 4 atom stereocenters. The second-order valence-corrected chi connectivity index (χ2v) is 7.71. The molecule has 2 heterocycles. The summed E-state index contributed by atoms with van der Waals surface area (Å²) >= 11 is 0. The van der Waals surface area contributed by atoms with E-state index < -0.39 is 5.91 Å². The number of methoxy groups -OCH3 is 1. The van der Waals surface area contributed by atoms with Crippen molar-refractivity contribution in [3.8, 4) is 0 Å². The zero-order chi connectivity index (χ0) is 18.0. The standard InChI is InChI=1S/C20H31N3O2/c1-4-6-14(2)23-12-16-7-5-8-17(13-23)20(16,25-3)15-9-10-22-18(11-15)19(21)24/h9-11,14,16-17H,4-8,12-13H2,1-3H3,(H2,21,24)/t14-,16-,17+,20-/m1/s1. The normalized spacial score (nSPS) is 30.8. The number of rotatable bonds is 6. The SMILES string of the molecule is CCC[C@@H](C)N1C[C@H]2CCC[C@@H](C1)[C@@]2(OC)c1ccnc(C(N)=O)c1. The Morgan fingerprint density at radius 2 is 2.12 bits per heavy atom. The number of hydrogen-bond acceptors (Lipinski definition) is 4. The van der Waals surface area contributed by atoms with Gasteiger partial charge in [0.1, 0.15) is 11.3 Å². The molecule has 1 aliphatic heterocycles. The van der Waals surface area contributed by atoms with Crippen LogP contribution in [0.4, 0.5) is 0 Å². The maximum Gasteiger partial charge on any atom is 0.267 e. The van der Waals surface area contributed by atoms with Crippen molar-refractivity contribution in [1.29, 1.82) is 0 Å². The number of likely N-dealkylation sites (tertiary alicyclic amines) is 1. The first kappa shape index (κ1) is 18.3. The summed E-state index contributed by atoms with van der Waals surface area (Å²) in [5.41, 5.74) is 6.53. The first-order valence-corrected chi connectivity index (χ1v) is 9.58. The average molecular weight is 345 g/mol. The molecule has 1 aromatic rings. The minimum atomic E-state index is -0.479. The number of nitrogens with two attached hydrogens (primary N) is 1. The van der Waals surface area contributed by atoms with Gasteiger partial charge in [0.25, 0.3) is 5.91 Å². The van der Waals surface area contributed by atoms with E-state index in [2.05, 4.69) is 23.7 Å². The van der Waals surface area contributed by atoms with Crippen LogP contribution in [0, 0.1) is 11.8 Å². The zero-order valence-corrected chi connectivity index (χ0v) is 15.7. The summed E-state index contributed by atoms with van der Waals surface area (Å²) in [6.45, 7) is 6.71. The van der Waals surface area contributed by atoms with E-state index in [9.17, 15) is 4.79 Å². The maximum absolute atomic E-state index is 11.6. The Balaban J connectivity index is 1.96. The molecule has 138 valence electrons. The molecule has 0 unspecified atom stereocenters. The molecule has 3 rings (SSSR count). The van der Waals surface area contributed by atoms with Gasteiger partial charge < -0.3 is 10.5 Å². The second kappa shape index (κ2) is 7.42. The third kappa shape index (κ3) is 3.20. The van der Waals surface area contributed by atoms with E-state index in [0.717, 1.165) is 31.5 Å². The van der Waals surface area contributed by atoms with Crippen LogP contribution in [0.2, 0.25) is 0 Å². The Morgan fingerprint density at radius 1 is 1.44 bits per heavy atom. The van der Waals surface area contributed by atoms with E-state index in [0.29, 0.717) is 23.6 Å². The molecule has 5 nitrogen and oxygen atoms in total. The van der Waals surface area contributed by atoms with Crippen molar-refractivity contribution in [2.45, 2.75) is 57.6 Å². The van der Waals surface area contributed by atoms with E-state index in [1.54, 1.807) is 6.20 Å². The number of carbonyl (C=O) groups excluding carboxylic acids is 1. The fourth-order valence-electron chi connectivity index (χ4n) is 5.16. The molecule has 0 spiro atoms. The maximum atomic E-state index is 11.6. The number of ether oxygens (including phenoxy) is 1. The van der Waals surface area contributed by atoms with Gasteiger partial charge in [0.2, 0.25) is 0 Å². The Hall–Kier alpha value is -1.46. The molecule has 1 saturated heterocycles. The van der Waals surface area contributed by atoms with Gasteiger partial charge in [0, 0.05) is 44.3 Å². The van der Waals surface area contributed by atoms with Crippen LogP contribution in [0.5, 0.6) is 0 Å². The number of hydrogen-bond donors (Lipinski definition) is 1. The Labute approximate surface area is 150 Å². The fraction of sp³-hybridized carbons (Fsp3) is 0.700. The molecule has 1 saturated carbocycles. The minimum absolute atomic E-state index is 0.326. The molecular weight excluding hydrogens is 314 g/mol. The van der Waals surface area contributed by atoms with Gasteiger partial charge in [-0.25, -0.2) is 0 Å². The number of pyridine rings is 1. The van der Waals surface area contributed by atoms with Gasteiger partial charge in [-0.05, 0) is 43.9 Å². The molecule has 2 aliphatic rings. The Kier molecular flexibility index (Phi) is 5.44. The molecule has 0 radical (unpaired) electrons. The van der Waals surface area contributed by atoms with Crippen LogP contribution in [-0.2, 0) is 10.3 Å². The van der Waals surface area contributed by atoms with Crippen LogP contribution < -0.4 is 5.73 Å². The van der Waals surface area contributed by atoms with Crippen LogP contribution in [0.3, 0.4) is 0 Å². The molecule has 0 aromatic carbocycles. The van der Waals surface area contributed by atoms with Crippen LogP contribution in [0.15, 0.2) is 18.3 Å². The highest BCUT2D eigenvalue weighted by Crippen LogP contribution is 2.51. The predicted molar refractivity (Wildman–Crippen MR) is 98.2 cm³/mol. The monoisotopic (exact) mass is 345 g/mol. The first-order valence-electron chi connectivity index (χ1n) is 9.58. The average Bonchev–Trinajstić information content (AvgIpc) is 2.60. The smallest absolute Gasteiger partial charge is 0.267 e. The lowest BCUT2D eigenvalue weighted by atomic mass is 9.62. The number of aromatic nitrogens is 1. The lowest BCUT2D eigenvalue weighted by molar-refractivity contribution is -0.173. The van der Waals surface area contributed by atoms with Gasteiger partial charge in [0.15, 0.2) is 0 Å². The minimum Gasteiger partial charge on any atom is -0.373 e. The van der Waals surface area contributed by atoms with Crippen LogP contribution in [0.1, 0.15) is 62.0 Å². The number of piperidine rings is 1. The van der Waals surface area contributed by atoms with Crippen molar-refractivity contribution in [2.24, 2.45) is 17.6 Å². The van der Waals surface area contributed by atoms with E-state index >= 15 is 0 Å². The van der Waals surface area contributed by atoms with E-state index in [1.165, 1.54) is 19.3 Å². The van der Waals surface area contributed by atoms with Crippen LogP contribution >= 0.6 is 0 Å². The lowest BCUT2D eigenvalue weighted by Gasteiger charge is -2.56. The summed E-state index contributed by atoms with van der Waals surface area (Å²) < 4.78 is 6.25. The highest BCUT2D eigenvalue weighted by molar-refractivity contribution is 5.90. The number of carbonyl (C=O) groups is 1. The van der Waals surface area contributed by atoms with Crippen molar-refractivity contribution in [2.75, 3.05) is 20.2 Å². The number of fused-ring (bicyclic) bond motifs is 2. The Morgan fingerprint density at radius 3 is 2.68 bits per heavy atom. The van der Waals surface area contributed by atoms with Gasteiger partial charge in [0.05, 0.1) is 0 Å². The number of amides is 1. The molecule has 2 N–H and O–H groups in total. The lowest BCUT2D eigenvalue weighted by Crippen LogP contribution is -2.60. The summed E-state index contributed by atoms with van der Waals surface area (Å²) in [4.78, 5) is 18.4. The third-order valence-corrected chi connectivity index (χ3v) is 6.36. The summed E-state index contributed by atoms with van der Waals surface area (Å²) in [5.74, 6) is 0.395. The van der Waals surface area contributed by atoms with Crippen LogP contribution in [-0.4, -0.2) is 42.0 Å². The molecule has 5 heteroatoms. The molecule has 2 bridgehead atoms. The Bertz CT molecular complexity index is 605. The fourth-order valence-corrected chi connectivity index (χ4v) is 5.16.